The molecule has 1 heterocycles. The molecule has 0 aromatic heterocycles. The molecule has 0 spiro atoms. The predicted octanol–water partition coefficient (Wildman–Crippen LogP) is 4.04. The van der Waals surface area contributed by atoms with Gasteiger partial charge in [-0.25, -0.2) is 9.69 Å². The van der Waals surface area contributed by atoms with Gasteiger partial charge in [-0.2, -0.15) is 13.2 Å². The lowest BCUT2D eigenvalue weighted by molar-refractivity contribution is -0.144. The fourth-order valence-electron chi connectivity index (χ4n) is 2.87. The van der Waals surface area contributed by atoms with Crippen LogP contribution in [0.4, 0.5) is 23.7 Å². The van der Waals surface area contributed by atoms with Crippen molar-refractivity contribution in [2.75, 3.05) is 11.5 Å². The van der Waals surface area contributed by atoms with Crippen molar-refractivity contribution in [1.82, 2.24) is 5.32 Å². The molecular formula is C19H17F3N2O3. The number of amides is 3. The standard InChI is InChI=1S/C19H17F3N2O3/c1-2-11-27-18(13-7-4-3-5-8-13)16(25)24(17(26)23-18)15-10-6-9-14(12-15)19(20,21)22/h3-10,12H,2,11H2,1H3,(H,23,26). The number of hydrogen-bond donors (Lipinski definition) is 1. The first-order valence-electron chi connectivity index (χ1n) is 8.33. The second kappa shape index (κ2) is 7.03. The molecule has 1 unspecified atom stereocenters. The maximum atomic E-state index is 13.1. The zero-order chi connectivity index (χ0) is 19.7. The molecule has 1 atom stereocenters. The van der Waals surface area contributed by atoms with Crippen molar-refractivity contribution in [2.24, 2.45) is 0 Å². The lowest BCUT2D eigenvalue weighted by Gasteiger charge is -2.27. The molecule has 0 radical (unpaired) electrons. The van der Waals surface area contributed by atoms with Crippen LogP contribution in [0, 0.1) is 0 Å². The first-order valence-corrected chi connectivity index (χ1v) is 8.33. The van der Waals surface area contributed by atoms with Gasteiger partial charge in [0.25, 0.3) is 11.6 Å². The minimum atomic E-state index is -4.59. The van der Waals surface area contributed by atoms with E-state index in [2.05, 4.69) is 5.32 Å². The van der Waals surface area contributed by atoms with E-state index < -0.39 is 29.4 Å². The van der Waals surface area contributed by atoms with Gasteiger partial charge in [0.2, 0.25) is 0 Å². The zero-order valence-corrected chi connectivity index (χ0v) is 14.4. The number of nitrogens with zero attached hydrogens (tertiary/aromatic N) is 1. The Bertz CT molecular complexity index is 855. The zero-order valence-electron chi connectivity index (χ0n) is 14.4. The number of carbonyl (C=O) groups is 2. The van der Waals surface area contributed by atoms with Crippen molar-refractivity contribution in [3.05, 3.63) is 65.7 Å². The van der Waals surface area contributed by atoms with E-state index in [1.165, 1.54) is 6.07 Å². The number of ether oxygens (including phenoxy) is 1. The molecule has 8 heteroatoms. The number of hydrogen-bond acceptors (Lipinski definition) is 3. The molecule has 0 saturated carbocycles. The van der Waals surface area contributed by atoms with Gasteiger partial charge in [-0.3, -0.25) is 10.1 Å². The number of anilines is 1. The number of halogens is 3. The number of benzene rings is 2. The van der Waals surface area contributed by atoms with Crippen molar-refractivity contribution < 1.29 is 27.5 Å². The van der Waals surface area contributed by atoms with E-state index in [0.717, 1.165) is 18.2 Å². The molecule has 27 heavy (non-hydrogen) atoms. The number of urea groups is 1. The first kappa shape index (κ1) is 18.9. The summed E-state index contributed by atoms with van der Waals surface area (Å²) in [5, 5.41) is 2.51. The van der Waals surface area contributed by atoms with Crippen LogP contribution >= 0.6 is 0 Å². The molecule has 0 bridgehead atoms. The average molecular weight is 378 g/mol. The quantitative estimate of drug-likeness (QED) is 0.799. The highest BCUT2D eigenvalue weighted by molar-refractivity contribution is 6.22. The molecule has 3 rings (SSSR count). The maximum Gasteiger partial charge on any atom is 0.416 e. The molecule has 142 valence electrons. The molecule has 0 aliphatic carbocycles. The number of rotatable bonds is 5. The topological polar surface area (TPSA) is 58.6 Å². The largest absolute Gasteiger partial charge is 0.416 e. The van der Waals surface area contributed by atoms with Crippen LogP contribution in [0.5, 0.6) is 0 Å². The summed E-state index contributed by atoms with van der Waals surface area (Å²) in [6, 6.07) is 11.5. The van der Waals surface area contributed by atoms with E-state index in [0.29, 0.717) is 16.9 Å². The SMILES string of the molecule is CCCOC1(c2ccccc2)NC(=O)N(c2cccc(C(F)(F)F)c2)C1=O. The molecule has 3 amide bonds. The summed E-state index contributed by atoms with van der Waals surface area (Å²) in [5.41, 5.74) is -2.51. The van der Waals surface area contributed by atoms with Crippen LogP contribution in [-0.4, -0.2) is 18.5 Å². The molecule has 1 N–H and O–H groups in total. The van der Waals surface area contributed by atoms with E-state index in [-0.39, 0.29) is 12.3 Å². The normalized spacial score (nSPS) is 20.1. The highest BCUT2D eigenvalue weighted by atomic mass is 19.4. The number of nitrogens with one attached hydrogen (secondary N) is 1. The maximum absolute atomic E-state index is 13.1. The van der Waals surface area contributed by atoms with Gasteiger partial charge in [0.15, 0.2) is 0 Å². The first-order chi connectivity index (χ1) is 12.8. The van der Waals surface area contributed by atoms with Gasteiger partial charge in [0, 0.05) is 5.56 Å². The van der Waals surface area contributed by atoms with Gasteiger partial charge >= 0.3 is 12.2 Å². The van der Waals surface area contributed by atoms with Crippen LogP contribution in [0.25, 0.3) is 0 Å². The third-order valence-electron chi connectivity index (χ3n) is 4.13. The molecule has 2 aromatic carbocycles. The summed E-state index contributed by atoms with van der Waals surface area (Å²) in [6.07, 6.45) is -4.01. The minimum absolute atomic E-state index is 0.176. The minimum Gasteiger partial charge on any atom is -0.343 e. The lowest BCUT2D eigenvalue weighted by atomic mass is 10.0. The van der Waals surface area contributed by atoms with Crippen LogP contribution < -0.4 is 10.2 Å². The van der Waals surface area contributed by atoms with Crippen LogP contribution in [-0.2, 0) is 21.4 Å². The van der Waals surface area contributed by atoms with Gasteiger partial charge in [0.05, 0.1) is 17.9 Å². The van der Waals surface area contributed by atoms with E-state index in [4.69, 9.17) is 4.74 Å². The van der Waals surface area contributed by atoms with E-state index in [9.17, 15) is 22.8 Å². The van der Waals surface area contributed by atoms with Crippen molar-refractivity contribution in [3.8, 4) is 0 Å². The molecule has 1 saturated heterocycles. The Hall–Kier alpha value is -2.87. The fraction of sp³-hybridized carbons (Fsp3) is 0.263. The Balaban J connectivity index is 2.05. The summed E-state index contributed by atoms with van der Waals surface area (Å²) in [7, 11) is 0. The second-order valence-electron chi connectivity index (χ2n) is 6.01. The van der Waals surface area contributed by atoms with Gasteiger partial charge in [-0.05, 0) is 24.6 Å². The van der Waals surface area contributed by atoms with Gasteiger partial charge in [-0.15, -0.1) is 0 Å². The van der Waals surface area contributed by atoms with E-state index in [1.807, 2.05) is 6.92 Å². The van der Waals surface area contributed by atoms with E-state index >= 15 is 0 Å². The van der Waals surface area contributed by atoms with Gasteiger partial charge in [-0.1, -0.05) is 43.3 Å². The van der Waals surface area contributed by atoms with Gasteiger partial charge < -0.3 is 4.74 Å². The summed E-state index contributed by atoms with van der Waals surface area (Å²) < 4.78 is 44.7. The molecule has 1 aliphatic rings. The molecule has 1 fully saturated rings. The lowest BCUT2D eigenvalue weighted by Crippen LogP contribution is -2.46. The third kappa shape index (κ3) is 3.40. The van der Waals surface area contributed by atoms with Gasteiger partial charge in [0.1, 0.15) is 0 Å². The smallest absolute Gasteiger partial charge is 0.343 e. The Morgan fingerprint density at radius 1 is 1.07 bits per heavy atom. The summed E-state index contributed by atoms with van der Waals surface area (Å²) in [6.45, 7) is 2.02. The molecule has 1 aliphatic heterocycles. The number of alkyl halides is 3. The predicted molar refractivity (Wildman–Crippen MR) is 91.8 cm³/mol. The summed E-state index contributed by atoms with van der Waals surface area (Å²) in [4.78, 5) is 26.4. The van der Waals surface area contributed by atoms with E-state index in [1.54, 1.807) is 30.3 Å². The highest BCUT2D eigenvalue weighted by Gasteiger charge is 2.54. The summed E-state index contributed by atoms with van der Waals surface area (Å²) >= 11 is 0. The number of imide groups is 1. The van der Waals surface area contributed by atoms with Crippen molar-refractivity contribution in [1.29, 1.82) is 0 Å². The Kier molecular flexibility index (Phi) is 4.93. The van der Waals surface area contributed by atoms with Crippen LogP contribution in [0.3, 0.4) is 0 Å². The Morgan fingerprint density at radius 3 is 2.41 bits per heavy atom. The molecule has 2 aromatic rings. The molecule has 5 nitrogen and oxygen atoms in total. The summed E-state index contributed by atoms with van der Waals surface area (Å²) in [5.74, 6) is -0.786. The fourth-order valence-corrected chi connectivity index (χ4v) is 2.87. The molecular weight excluding hydrogens is 361 g/mol. The van der Waals surface area contributed by atoms with Crippen molar-refractivity contribution >= 4 is 17.6 Å². The van der Waals surface area contributed by atoms with Crippen molar-refractivity contribution in [2.45, 2.75) is 25.2 Å². The Morgan fingerprint density at radius 2 is 1.78 bits per heavy atom. The van der Waals surface area contributed by atoms with Crippen LogP contribution in [0.15, 0.2) is 54.6 Å². The van der Waals surface area contributed by atoms with Crippen LogP contribution in [0.1, 0.15) is 24.5 Å². The highest BCUT2D eigenvalue weighted by Crippen LogP contribution is 2.36. The van der Waals surface area contributed by atoms with Crippen LogP contribution in [0.2, 0.25) is 0 Å². The second-order valence-corrected chi connectivity index (χ2v) is 6.01. The van der Waals surface area contributed by atoms with Crippen molar-refractivity contribution in [3.63, 3.8) is 0 Å². The monoisotopic (exact) mass is 378 g/mol. The Labute approximate surface area is 153 Å². The third-order valence-corrected chi connectivity index (χ3v) is 4.13. The number of carbonyl (C=O) groups excluding carboxylic acids is 2. The average Bonchev–Trinajstić information content (AvgIpc) is 2.91.